The van der Waals surface area contributed by atoms with Gasteiger partial charge >= 0.3 is 0 Å². The van der Waals surface area contributed by atoms with Gasteiger partial charge in [0.2, 0.25) is 0 Å². The molecular weight excluding hydrogens is 416 g/mol. The molecule has 0 saturated carbocycles. The highest BCUT2D eigenvalue weighted by atomic mass is 35.5. The minimum absolute atomic E-state index is 0.153. The van der Waals surface area contributed by atoms with Crippen molar-refractivity contribution < 1.29 is 4.79 Å². The van der Waals surface area contributed by atoms with E-state index in [1.54, 1.807) is 0 Å². The van der Waals surface area contributed by atoms with Gasteiger partial charge in [0, 0.05) is 56.7 Å². The first-order valence-electron chi connectivity index (χ1n) is 9.97. The summed E-state index contributed by atoms with van der Waals surface area (Å²) in [6, 6.07) is 14.4. The minimum Gasteiger partial charge on any atom is -0.378 e. The number of piperazine rings is 1. The van der Waals surface area contributed by atoms with Crippen molar-refractivity contribution in [3.8, 4) is 0 Å². The van der Waals surface area contributed by atoms with Gasteiger partial charge < -0.3 is 14.7 Å². The van der Waals surface area contributed by atoms with Crippen LogP contribution in [0.1, 0.15) is 11.1 Å². The van der Waals surface area contributed by atoms with E-state index in [0.717, 1.165) is 58.9 Å². The molecular formula is C23H25ClN4OS. The number of halogens is 1. The first-order chi connectivity index (χ1) is 14.4. The normalized spacial score (nSPS) is 18.2. The summed E-state index contributed by atoms with van der Waals surface area (Å²) in [6.07, 6.45) is 1.92. The van der Waals surface area contributed by atoms with E-state index in [0.29, 0.717) is 4.91 Å². The zero-order chi connectivity index (χ0) is 21.3. The van der Waals surface area contributed by atoms with Crippen molar-refractivity contribution in [3.05, 3.63) is 63.5 Å². The van der Waals surface area contributed by atoms with Gasteiger partial charge in [0.05, 0.1) is 4.91 Å². The molecule has 5 nitrogen and oxygen atoms in total. The molecule has 0 atom stereocenters. The first kappa shape index (κ1) is 20.8. The summed E-state index contributed by atoms with van der Waals surface area (Å²) in [5, 5.41) is 1.60. The summed E-state index contributed by atoms with van der Waals surface area (Å²) in [5.41, 5.74) is 4.37. The number of amidine groups is 1. The molecule has 0 radical (unpaired) electrons. The third kappa shape index (κ3) is 4.50. The first-order valence-corrected chi connectivity index (χ1v) is 11.2. The molecule has 2 aliphatic heterocycles. The number of aryl methyl sites for hydroxylation is 1. The van der Waals surface area contributed by atoms with Crippen LogP contribution in [0, 0.1) is 6.92 Å². The highest BCUT2D eigenvalue weighted by Gasteiger charge is 2.28. The average molecular weight is 441 g/mol. The zero-order valence-electron chi connectivity index (χ0n) is 17.4. The number of thioether (sulfide) groups is 1. The lowest BCUT2D eigenvalue weighted by Gasteiger charge is -2.36. The summed E-state index contributed by atoms with van der Waals surface area (Å²) in [5.74, 6) is -0.153. The highest BCUT2D eigenvalue weighted by molar-refractivity contribution is 8.18. The number of carbonyl (C=O) groups is 1. The van der Waals surface area contributed by atoms with E-state index in [-0.39, 0.29) is 5.91 Å². The van der Waals surface area contributed by atoms with Crippen LogP contribution in [0.5, 0.6) is 0 Å². The molecule has 0 bridgehead atoms. The van der Waals surface area contributed by atoms with Crippen molar-refractivity contribution in [1.29, 1.82) is 0 Å². The highest BCUT2D eigenvalue weighted by Crippen LogP contribution is 2.32. The van der Waals surface area contributed by atoms with Gasteiger partial charge in [-0.3, -0.25) is 4.79 Å². The van der Waals surface area contributed by atoms with Crippen LogP contribution in [-0.4, -0.2) is 56.2 Å². The summed E-state index contributed by atoms with van der Waals surface area (Å²) >= 11 is 7.75. The average Bonchev–Trinajstić information content (AvgIpc) is 3.11. The van der Waals surface area contributed by atoms with Crippen molar-refractivity contribution in [3.63, 3.8) is 0 Å². The van der Waals surface area contributed by atoms with Crippen LogP contribution in [-0.2, 0) is 4.79 Å². The molecule has 156 valence electrons. The summed E-state index contributed by atoms with van der Waals surface area (Å²) in [4.78, 5) is 24.0. The van der Waals surface area contributed by atoms with E-state index < -0.39 is 0 Å². The number of rotatable bonds is 3. The molecule has 1 amide bonds. The molecule has 0 spiro atoms. The van der Waals surface area contributed by atoms with Gasteiger partial charge in [-0.15, -0.1) is 0 Å². The molecule has 0 N–H and O–H groups in total. The predicted octanol–water partition coefficient (Wildman–Crippen LogP) is 4.51. The smallest absolute Gasteiger partial charge is 0.286 e. The Morgan fingerprint density at radius 1 is 1.03 bits per heavy atom. The Bertz CT molecular complexity index is 1010. The van der Waals surface area contributed by atoms with Gasteiger partial charge in [-0.25, -0.2) is 0 Å². The van der Waals surface area contributed by atoms with Crippen molar-refractivity contribution in [2.45, 2.75) is 6.92 Å². The number of anilines is 2. The third-order valence-corrected chi connectivity index (χ3v) is 6.84. The molecule has 0 aromatic heterocycles. The largest absolute Gasteiger partial charge is 0.378 e. The molecule has 30 heavy (non-hydrogen) atoms. The van der Waals surface area contributed by atoms with E-state index in [1.807, 2.05) is 45.3 Å². The van der Waals surface area contributed by atoms with Gasteiger partial charge in [0.15, 0.2) is 5.17 Å². The number of nitrogens with zero attached hydrogens (tertiary/aromatic N) is 4. The Morgan fingerprint density at radius 2 is 1.70 bits per heavy atom. The fourth-order valence-electron chi connectivity index (χ4n) is 3.49. The zero-order valence-corrected chi connectivity index (χ0v) is 19.0. The lowest BCUT2D eigenvalue weighted by molar-refractivity contribution is -0.113. The Hall–Kier alpha value is -2.44. The number of aliphatic imine (C=N–C) groups is 1. The van der Waals surface area contributed by atoms with Crippen LogP contribution >= 0.6 is 23.4 Å². The maximum Gasteiger partial charge on any atom is 0.286 e. The van der Waals surface area contributed by atoms with Gasteiger partial charge in [-0.05, 0) is 60.2 Å². The third-order valence-electron chi connectivity index (χ3n) is 5.39. The van der Waals surface area contributed by atoms with Crippen molar-refractivity contribution >= 4 is 51.9 Å². The number of carbonyl (C=O) groups excluding carboxylic acids is 1. The molecule has 1 saturated heterocycles. The van der Waals surface area contributed by atoms with Gasteiger partial charge in [-0.1, -0.05) is 29.8 Å². The molecule has 1 fully saturated rings. The summed E-state index contributed by atoms with van der Waals surface area (Å²) in [7, 11) is 4.02. The Labute approximate surface area is 187 Å². The second-order valence-electron chi connectivity index (χ2n) is 7.70. The summed E-state index contributed by atoms with van der Waals surface area (Å²) in [6.45, 7) is 5.42. The molecule has 2 aliphatic rings. The van der Waals surface area contributed by atoms with Crippen molar-refractivity contribution in [2.24, 2.45) is 4.99 Å². The van der Waals surface area contributed by atoms with Crippen LogP contribution in [0.4, 0.5) is 11.4 Å². The number of amides is 1. The second-order valence-corrected chi connectivity index (χ2v) is 9.12. The maximum atomic E-state index is 12.4. The van der Waals surface area contributed by atoms with E-state index in [9.17, 15) is 4.79 Å². The molecule has 2 aromatic carbocycles. The molecule has 0 unspecified atom stereocenters. The maximum absolute atomic E-state index is 12.4. The van der Waals surface area contributed by atoms with Crippen LogP contribution in [0.2, 0.25) is 5.02 Å². The van der Waals surface area contributed by atoms with Crippen molar-refractivity contribution in [1.82, 2.24) is 4.90 Å². The molecule has 0 aliphatic carbocycles. The minimum atomic E-state index is -0.153. The number of benzene rings is 2. The van der Waals surface area contributed by atoms with Gasteiger partial charge in [0.1, 0.15) is 0 Å². The second kappa shape index (κ2) is 8.74. The lowest BCUT2D eigenvalue weighted by atomic mass is 10.2. The van der Waals surface area contributed by atoms with Crippen LogP contribution in [0.3, 0.4) is 0 Å². The van der Waals surface area contributed by atoms with E-state index in [1.165, 1.54) is 11.8 Å². The molecule has 7 heteroatoms. The fraction of sp³-hybridized carbons (Fsp3) is 0.304. The monoisotopic (exact) mass is 440 g/mol. The standard InChI is InChI=1S/C23H25ClN4OS/c1-16-4-7-19(15-20(16)24)27-10-12-28(13-11-27)23-25-22(29)21(30-23)14-17-5-8-18(9-6-17)26(2)3/h4-9,14-15H,10-13H2,1-3H3. The van der Waals surface area contributed by atoms with E-state index in [4.69, 9.17) is 11.6 Å². The number of hydrogen-bond acceptors (Lipinski definition) is 5. The fourth-order valence-corrected chi connectivity index (χ4v) is 4.63. The quantitative estimate of drug-likeness (QED) is 0.657. The Morgan fingerprint density at radius 3 is 2.33 bits per heavy atom. The van der Waals surface area contributed by atoms with Crippen LogP contribution in [0.25, 0.3) is 6.08 Å². The Kier molecular flexibility index (Phi) is 6.06. The lowest BCUT2D eigenvalue weighted by Crippen LogP contribution is -2.47. The van der Waals surface area contributed by atoms with Gasteiger partial charge in [0.25, 0.3) is 5.91 Å². The topological polar surface area (TPSA) is 39.1 Å². The van der Waals surface area contributed by atoms with Crippen molar-refractivity contribution in [2.75, 3.05) is 50.1 Å². The van der Waals surface area contributed by atoms with Crippen LogP contribution in [0.15, 0.2) is 52.4 Å². The van der Waals surface area contributed by atoms with E-state index in [2.05, 4.69) is 44.0 Å². The molecule has 2 heterocycles. The van der Waals surface area contributed by atoms with E-state index >= 15 is 0 Å². The summed E-state index contributed by atoms with van der Waals surface area (Å²) < 4.78 is 0. The van der Waals surface area contributed by atoms with Gasteiger partial charge in [-0.2, -0.15) is 4.99 Å². The predicted molar refractivity (Wildman–Crippen MR) is 129 cm³/mol. The number of hydrogen-bond donors (Lipinski definition) is 0. The Balaban J connectivity index is 1.38. The molecule has 2 aromatic rings. The van der Waals surface area contributed by atoms with Crippen LogP contribution < -0.4 is 9.80 Å². The SMILES string of the molecule is Cc1ccc(N2CCN(C3=NC(=O)C(=Cc4ccc(N(C)C)cc4)S3)CC2)cc1Cl. The molecule has 4 rings (SSSR count).